The first-order valence-corrected chi connectivity index (χ1v) is 10.8. The van der Waals surface area contributed by atoms with Gasteiger partial charge < -0.3 is 36.9 Å². The van der Waals surface area contributed by atoms with Crippen molar-refractivity contribution in [1.82, 2.24) is 25.9 Å². The number of rotatable bonds is 14. The molecule has 1 aromatic heterocycles. The molecule has 3 amide bonds. The molecule has 13 nitrogen and oxygen atoms in total. The molecule has 0 radical (unpaired) electrons. The second-order valence-corrected chi connectivity index (χ2v) is 8.06. The minimum absolute atomic E-state index is 0.0274. The summed E-state index contributed by atoms with van der Waals surface area (Å²) in [6.45, 7) is 3.27. The fraction of sp³-hybridized carbons (Fsp3) is 0.579. The van der Waals surface area contributed by atoms with E-state index >= 15 is 0 Å². The normalized spacial score (nSPS) is 14.6. The first-order valence-electron chi connectivity index (χ1n) is 10.2. The van der Waals surface area contributed by atoms with Gasteiger partial charge >= 0.3 is 11.9 Å². The van der Waals surface area contributed by atoms with Crippen LogP contribution in [0.2, 0.25) is 0 Å². The molecule has 0 aromatic carbocycles. The van der Waals surface area contributed by atoms with Crippen LogP contribution < -0.4 is 21.7 Å². The van der Waals surface area contributed by atoms with Gasteiger partial charge in [-0.25, -0.2) is 9.78 Å². The van der Waals surface area contributed by atoms with Gasteiger partial charge in [-0.05, 0) is 12.3 Å². The second kappa shape index (κ2) is 13.4. The lowest BCUT2D eigenvalue weighted by Gasteiger charge is -2.27. The molecule has 4 atom stereocenters. The summed E-state index contributed by atoms with van der Waals surface area (Å²) in [7, 11) is 0. The predicted molar refractivity (Wildman–Crippen MR) is 119 cm³/mol. The Labute approximate surface area is 195 Å². The van der Waals surface area contributed by atoms with Crippen molar-refractivity contribution in [3.63, 3.8) is 0 Å². The third-order valence-corrected chi connectivity index (χ3v) is 5.05. The molecule has 14 heteroatoms. The molecule has 0 aliphatic rings. The zero-order valence-corrected chi connectivity index (χ0v) is 19.2. The Morgan fingerprint density at radius 1 is 1.06 bits per heavy atom. The largest absolute Gasteiger partial charge is 0.481 e. The number of imidazole rings is 1. The Hall–Kier alpha value is -3.13. The molecule has 0 bridgehead atoms. The number of nitrogens with zero attached hydrogens (tertiary/aromatic N) is 1. The molecular weight excluding hydrogens is 456 g/mol. The number of nitrogens with two attached hydrogens (primary N) is 1. The monoisotopic (exact) mass is 486 g/mol. The summed E-state index contributed by atoms with van der Waals surface area (Å²) >= 11 is 3.97. The summed E-state index contributed by atoms with van der Waals surface area (Å²) in [5, 5.41) is 25.4. The SMILES string of the molecule is CC(C)C(NC(=O)C(Cc1cnc[nH]1)NC(=O)C(N)CS)C(=O)NC(CCC(=O)O)C(=O)O. The van der Waals surface area contributed by atoms with Crippen LogP contribution in [0, 0.1) is 5.92 Å². The van der Waals surface area contributed by atoms with Crippen molar-refractivity contribution in [2.24, 2.45) is 11.7 Å². The van der Waals surface area contributed by atoms with Crippen LogP contribution in [-0.4, -0.2) is 79.8 Å². The van der Waals surface area contributed by atoms with E-state index < -0.39 is 66.2 Å². The molecule has 8 N–H and O–H groups in total. The number of carboxylic acid groups (broad SMARTS) is 2. The number of H-pyrrole nitrogens is 1. The van der Waals surface area contributed by atoms with Gasteiger partial charge in [0.15, 0.2) is 0 Å². The van der Waals surface area contributed by atoms with E-state index in [2.05, 4.69) is 38.5 Å². The highest BCUT2D eigenvalue weighted by atomic mass is 32.1. The van der Waals surface area contributed by atoms with Crippen LogP contribution in [0.15, 0.2) is 12.5 Å². The van der Waals surface area contributed by atoms with Crippen molar-refractivity contribution >= 4 is 42.3 Å². The number of amides is 3. The van der Waals surface area contributed by atoms with E-state index in [-0.39, 0.29) is 18.6 Å². The molecule has 0 fully saturated rings. The summed E-state index contributed by atoms with van der Waals surface area (Å²) in [6, 6.07) is -4.66. The summed E-state index contributed by atoms with van der Waals surface area (Å²) in [6.07, 6.45) is 2.12. The number of hydrogen-bond donors (Lipinski definition) is 8. The minimum Gasteiger partial charge on any atom is -0.481 e. The second-order valence-electron chi connectivity index (χ2n) is 7.69. The zero-order valence-electron chi connectivity index (χ0n) is 18.3. The van der Waals surface area contributed by atoms with Gasteiger partial charge in [0.05, 0.1) is 12.4 Å². The molecule has 4 unspecified atom stereocenters. The van der Waals surface area contributed by atoms with Crippen molar-refractivity contribution in [1.29, 1.82) is 0 Å². The fourth-order valence-electron chi connectivity index (χ4n) is 2.76. The highest BCUT2D eigenvalue weighted by molar-refractivity contribution is 7.80. The van der Waals surface area contributed by atoms with Gasteiger partial charge in [0, 0.05) is 30.5 Å². The van der Waals surface area contributed by atoms with Crippen LogP contribution in [0.4, 0.5) is 0 Å². The van der Waals surface area contributed by atoms with Crippen LogP contribution in [-0.2, 0) is 30.4 Å². The predicted octanol–water partition coefficient (Wildman–Crippen LogP) is -1.73. The lowest BCUT2D eigenvalue weighted by Crippen LogP contribution is -2.59. The zero-order chi connectivity index (χ0) is 25.1. The van der Waals surface area contributed by atoms with Crippen molar-refractivity contribution in [2.45, 2.75) is 57.3 Å². The fourth-order valence-corrected chi connectivity index (χ4v) is 2.93. The van der Waals surface area contributed by atoms with Crippen LogP contribution in [0.3, 0.4) is 0 Å². The first-order chi connectivity index (χ1) is 15.5. The molecule has 0 aliphatic heterocycles. The molecule has 1 rings (SSSR count). The standard InChI is InChI=1S/C19H30N6O7S/c1-9(2)15(18(30)23-12(19(31)32)3-4-14(26)27)25-17(29)13(5-10-6-21-8-22-10)24-16(28)11(20)7-33/h6,8-9,11-13,15,33H,3-5,7,20H2,1-2H3,(H,21,22)(H,23,30)(H,24,28)(H,25,29)(H,26,27)(H,31,32). The number of aromatic amines is 1. The summed E-state index contributed by atoms with van der Waals surface area (Å²) in [5.41, 5.74) is 6.21. The Morgan fingerprint density at radius 3 is 2.18 bits per heavy atom. The number of thiol groups is 1. The number of carboxylic acids is 2. The van der Waals surface area contributed by atoms with Crippen LogP contribution in [0.25, 0.3) is 0 Å². The van der Waals surface area contributed by atoms with E-state index in [0.29, 0.717) is 5.69 Å². The molecule has 184 valence electrons. The van der Waals surface area contributed by atoms with Gasteiger partial charge in [0.1, 0.15) is 18.1 Å². The smallest absolute Gasteiger partial charge is 0.326 e. The van der Waals surface area contributed by atoms with Gasteiger partial charge in [0.2, 0.25) is 17.7 Å². The van der Waals surface area contributed by atoms with Crippen molar-refractivity contribution < 1.29 is 34.2 Å². The van der Waals surface area contributed by atoms with E-state index in [9.17, 15) is 29.1 Å². The maximum absolute atomic E-state index is 13.0. The summed E-state index contributed by atoms with van der Waals surface area (Å²) in [4.78, 5) is 66.8. The average Bonchev–Trinajstić information content (AvgIpc) is 3.25. The summed E-state index contributed by atoms with van der Waals surface area (Å²) in [5.74, 6) is -5.12. The van der Waals surface area contributed by atoms with Gasteiger partial charge in [-0.2, -0.15) is 12.6 Å². The average molecular weight is 487 g/mol. The Morgan fingerprint density at radius 2 is 1.70 bits per heavy atom. The van der Waals surface area contributed by atoms with Crippen molar-refractivity contribution in [2.75, 3.05) is 5.75 Å². The third kappa shape index (κ3) is 9.49. The number of aromatic nitrogens is 2. The van der Waals surface area contributed by atoms with E-state index in [1.807, 2.05) is 0 Å². The van der Waals surface area contributed by atoms with Crippen LogP contribution in [0.1, 0.15) is 32.4 Å². The maximum atomic E-state index is 13.0. The number of nitrogens with one attached hydrogen (secondary N) is 4. The van der Waals surface area contributed by atoms with Gasteiger partial charge in [0.25, 0.3) is 0 Å². The summed E-state index contributed by atoms with van der Waals surface area (Å²) < 4.78 is 0. The van der Waals surface area contributed by atoms with Crippen molar-refractivity contribution in [3.05, 3.63) is 18.2 Å². The molecule has 0 aliphatic carbocycles. The maximum Gasteiger partial charge on any atom is 0.326 e. The molecule has 1 heterocycles. The van der Waals surface area contributed by atoms with E-state index in [0.717, 1.165) is 0 Å². The lowest BCUT2D eigenvalue weighted by atomic mass is 10.0. The molecule has 33 heavy (non-hydrogen) atoms. The number of hydrogen-bond acceptors (Lipinski definition) is 8. The number of aliphatic carboxylic acids is 2. The van der Waals surface area contributed by atoms with Crippen molar-refractivity contribution in [3.8, 4) is 0 Å². The Bertz CT molecular complexity index is 833. The molecule has 0 saturated carbocycles. The lowest BCUT2D eigenvalue weighted by molar-refractivity contribution is -0.143. The molecular formula is C19H30N6O7S. The molecule has 0 saturated heterocycles. The van der Waals surface area contributed by atoms with E-state index in [1.54, 1.807) is 13.8 Å². The van der Waals surface area contributed by atoms with Gasteiger partial charge in [-0.15, -0.1) is 0 Å². The number of carbonyl (C=O) groups is 5. The van der Waals surface area contributed by atoms with Crippen LogP contribution in [0.5, 0.6) is 0 Å². The van der Waals surface area contributed by atoms with Crippen LogP contribution >= 0.6 is 12.6 Å². The minimum atomic E-state index is -1.44. The quantitative estimate of drug-likeness (QED) is 0.140. The highest BCUT2D eigenvalue weighted by Crippen LogP contribution is 2.07. The first kappa shape index (κ1) is 27.9. The Kier molecular flexibility index (Phi) is 11.4. The highest BCUT2D eigenvalue weighted by Gasteiger charge is 2.32. The third-order valence-electron chi connectivity index (χ3n) is 4.65. The topological polar surface area (TPSA) is 217 Å². The van der Waals surface area contributed by atoms with E-state index in [1.165, 1.54) is 12.5 Å². The van der Waals surface area contributed by atoms with E-state index in [4.69, 9.17) is 10.8 Å². The van der Waals surface area contributed by atoms with Gasteiger partial charge in [-0.1, -0.05) is 13.8 Å². The van der Waals surface area contributed by atoms with Gasteiger partial charge in [-0.3, -0.25) is 19.2 Å². The Balaban J connectivity index is 2.98. The molecule has 1 aromatic rings. The molecule has 0 spiro atoms. The number of carbonyl (C=O) groups excluding carboxylic acids is 3.